The zero-order valence-corrected chi connectivity index (χ0v) is 11.8. The molecule has 1 aliphatic heterocycles. The van der Waals surface area contributed by atoms with E-state index in [1.54, 1.807) is 12.1 Å². The lowest BCUT2D eigenvalue weighted by atomic mass is 9.97. The molecule has 19 heavy (non-hydrogen) atoms. The van der Waals surface area contributed by atoms with Gasteiger partial charge >= 0.3 is 0 Å². The predicted molar refractivity (Wildman–Crippen MR) is 71.6 cm³/mol. The topological polar surface area (TPSA) is 81.8 Å². The van der Waals surface area contributed by atoms with Crippen LogP contribution in [0.5, 0.6) is 0 Å². The number of nitrogens with zero attached hydrogens (tertiary/aromatic N) is 1. The lowest BCUT2D eigenvalue weighted by Crippen LogP contribution is -2.31. The standard InChI is InChI=1S/C12H17NO5P/c1-12(2)8-17-19(16,18-9-12)7-10-3-5-11(6-4-10)13(14)15/h3-6,16H,7-9H2,1-2H3. The number of non-ortho nitro benzene ring substituents is 1. The van der Waals surface area contributed by atoms with Crippen LogP contribution < -0.4 is 0 Å². The maximum absolute atomic E-state index is 10.6. The summed E-state index contributed by atoms with van der Waals surface area (Å²) in [6.07, 6.45) is 0.251. The molecule has 1 aromatic rings. The van der Waals surface area contributed by atoms with E-state index in [2.05, 4.69) is 0 Å². The summed E-state index contributed by atoms with van der Waals surface area (Å²) in [5.41, 5.74) is 0.698. The predicted octanol–water partition coefficient (Wildman–Crippen LogP) is 2.92. The molecule has 0 unspecified atom stereocenters. The highest BCUT2D eigenvalue weighted by atomic mass is 31.2. The molecule has 1 aliphatic rings. The number of nitro groups is 1. The van der Waals surface area contributed by atoms with Gasteiger partial charge in [0.2, 0.25) is 7.94 Å². The highest BCUT2D eigenvalue weighted by Crippen LogP contribution is 2.63. The Balaban J connectivity index is 2.03. The van der Waals surface area contributed by atoms with Crippen molar-refractivity contribution in [3.63, 3.8) is 0 Å². The number of hydrogen-bond acceptors (Lipinski definition) is 5. The van der Waals surface area contributed by atoms with Crippen LogP contribution in [-0.2, 0) is 15.2 Å². The Morgan fingerprint density at radius 3 is 2.32 bits per heavy atom. The van der Waals surface area contributed by atoms with Gasteiger partial charge in [0.25, 0.3) is 5.69 Å². The molecule has 0 atom stereocenters. The van der Waals surface area contributed by atoms with E-state index in [0.29, 0.717) is 13.2 Å². The Morgan fingerprint density at radius 2 is 1.84 bits per heavy atom. The van der Waals surface area contributed by atoms with Crippen LogP contribution in [0.3, 0.4) is 0 Å². The van der Waals surface area contributed by atoms with Gasteiger partial charge in [-0.2, -0.15) is 0 Å². The molecule has 0 spiro atoms. The third kappa shape index (κ3) is 3.70. The van der Waals surface area contributed by atoms with E-state index in [0.717, 1.165) is 5.56 Å². The third-order valence-electron chi connectivity index (χ3n) is 2.84. The van der Waals surface area contributed by atoms with Crippen LogP contribution in [0.2, 0.25) is 0 Å². The van der Waals surface area contributed by atoms with Crippen molar-refractivity contribution in [2.24, 2.45) is 5.41 Å². The first-order valence-electron chi connectivity index (χ1n) is 5.93. The average Bonchev–Trinajstić information content (AvgIpc) is 2.34. The summed E-state index contributed by atoms with van der Waals surface area (Å²) >= 11 is 0. The fourth-order valence-electron chi connectivity index (χ4n) is 1.68. The lowest BCUT2D eigenvalue weighted by Gasteiger charge is -2.40. The molecule has 0 saturated carbocycles. The minimum absolute atomic E-state index is 0.0284. The van der Waals surface area contributed by atoms with Gasteiger partial charge in [-0.05, 0) is 5.56 Å². The Hall–Kier alpha value is -1.07. The molecule has 2 rings (SSSR count). The zero-order valence-electron chi connectivity index (χ0n) is 10.9. The molecule has 1 fully saturated rings. The van der Waals surface area contributed by atoms with Gasteiger partial charge in [0.1, 0.15) is 0 Å². The molecule has 1 aromatic carbocycles. The monoisotopic (exact) mass is 286 g/mol. The van der Waals surface area contributed by atoms with Gasteiger partial charge in [0, 0.05) is 17.5 Å². The van der Waals surface area contributed by atoms with Crippen LogP contribution in [-0.4, -0.2) is 23.0 Å². The summed E-state index contributed by atoms with van der Waals surface area (Å²) in [5, 5.41) is 10.6. The number of rotatable bonds is 3. The molecule has 1 heterocycles. The molecule has 1 radical (unpaired) electrons. The minimum atomic E-state index is -2.87. The molecular weight excluding hydrogens is 269 g/mol. The highest BCUT2D eigenvalue weighted by molar-refractivity contribution is 7.59. The van der Waals surface area contributed by atoms with E-state index in [9.17, 15) is 15.0 Å². The van der Waals surface area contributed by atoms with Crippen molar-refractivity contribution in [2.75, 3.05) is 13.2 Å². The smallest absolute Gasteiger partial charge is 0.269 e. The van der Waals surface area contributed by atoms with Crippen LogP contribution in [0.25, 0.3) is 0 Å². The second-order valence-electron chi connectivity index (χ2n) is 5.43. The first-order chi connectivity index (χ1) is 8.80. The Kier molecular flexibility index (Phi) is 3.87. The number of nitro benzene ring substituents is 1. The molecule has 1 saturated heterocycles. The molecule has 0 bridgehead atoms. The van der Waals surface area contributed by atoms with Crippen LogP contribution in [0.1, 0.15) is 19.4 Å². The van der Waals surface area contributed by atoms with Crippen molar-refractivity contribution in [3.8, 4) is 0 Å². The molecular formula is C12H17NO5P. The minimum Gasteiger partial charge on any atom is -0.335 e. The number of benzene rings is 1. The molecule has 0 aromatic heterocycles. The second kappa shape index (κ2) is 5.13. The fraction of sp³-hybridized carbons (Fsp3) is 0.500. The largest absolute Gasteiger partial charge is 0.335 e. The Bertz CT molecular complexity index is 464. The van der Waals surface area contributed by atoms with Crippen LogP contribution in [0, 0.1) is 15.5 Å². The second-order valence-corrected chi connectivity index (χ2v) is 7.54. The van der Waals surface area contributed by atoms with E-state index in [1.165, 1.54) is 12.1 Å². The first-order valence-corrected chi connectivity index (χ1v) is 7.69. The van der Waals surface area contributed by atoms with E-state index in [-0.39, 0.29) is 17.3 Å². The van der Waals surface area contributed by atoms with Gasteiger partial charge in [-0.1, -0.05) is 26.0 Å². The SMILES string of the molecule is CC1(C)CO[P](O)(Cc2ccc([N+](=O)[O-])cc2)OC1. The summed E-state index contributed by atoms with van der Waals surface area (Å²) in [6, 6.07) is 6.05. The van der Waals surface area contributed by atoms with Crippen LogP contribution in [0.4, 0.5) is 5.69 Å². The summed E-state index contributed by atoms with van der Waals surface area (Å²) < 4.78 is 10.9. The summed E-state index contributed by atoms with van der Waals surface area (Å²) in [7, 11) is -2.87. The van der Waals surface area contributed by atoms with E-state index >= 15 is 0 Å². The molecule has 0 aliphatic carbocycles. The first kappa shape index (κ1) is 14.3. The van der Waals surface area contributed by atoms with Crippen molar-refractivity contribution in [1.82, 2.24) is 0 Å². The van der Waals surface area contributed by atoms with Gasteiger partial charge in [0.05, 0.1) is 24.3 Å². The van der Waals surface area contributed by atoms with Crippen molar-refractivity contribution < 1.29 is 18.9 Å². The quantitative estimate of drug-likeness (QED) is 0.525. The molecule has 1 N–H and O–H groups in total. The van der Waals surface area contributed by atoms with E-state index < -0.39 is 12.9 Å². The fourth-order valence-corrected chi connectivity index (χ4v) is 3.71. The maximum Gasteiger partial charge on any atom is 0.269 e. The van der Waals surface area contributed by atoms with Crippen LogP contribution >= 0.6 is 7.94 Å². The van der Waals surface area contributed by atoms with Crippen molar-refractivity contribution in [2.45, 2.75) is 20.0 Å². The van der Waals surface area contributed by atoms with Crippen molar-refractivity contribution in [3.05, 3.63) is 39.9 Å². The third-order valence-corrected chi connectivity index (χ3v) is 4.67. The maximum atomic E-state index is 10.6. The molecule has 105 valence electrons. The van der Waals surface area contributed by atoms with Crippen molar-refractivity contribution in [1.29, 1.82) is 0 Å². The molecule has 6 nitrogen and oxygen atoms in total. The normalized spacial score (nSPS) is 21.0. The van der Waals surface area contributed by atoms with Gasteiger partial charge in [-0.25, -0.2) is 0 Å². The van der Waals surface area contributed by atoms with Gasteiger partial charge < -0.3 is 13.9 Å². The lowest BCUT2D eigenvalue weighted by molar-refractivity contribution is -0.384. The van der Waals surface area contributed by atoms with Crippen LogP contribution in [0.15, 0.2) is 24.3 Å². The summed E-state index contributed by atoms with van der Waals surface area (Å²) in [5.74, 6) is 0. The van der Waals surface area contributed by atoms with Crippen molar-refractivity contribution >= 4 is 13.6 Å². The zero-order chi connectivity index (χ0) is 14.1. The van der Waals surface area contributed by atoms with Gasteiger partial charge in [-0.3, -0.25) is 10.1 Å². The Labute approximate surface area is 112 Å². The highest BCUT2D eigenvalue weighted by Gasteiger charge is 2.38. The van der Waals surface area contributed by atoms with Gasteiger partial charge in [-0.15, -0.1) is 0 Å². The van der Waals surface area contributed by atoms with E-state index in [4.69, 9.17) is 9.05 Å². The summed E-state index contributed by atoms with van der Waals surface area (Å²) in [4.78, 5) is 20.4. The van der Waals surface area contributed by atoms with E-state index in [1.807, 2.05) is 13.8 Å². The molecule has 7 heteroatoms. The Morgan fingerprint density at radius 1 is 1.32 bits per heavy atom. The van der Waals surface area contributed by atoms with Gasteiger partial charge in [0.15, 0.2) is 0 Å². The summed E-state index contributed by atoms with van der Waals surface area (Å²) in [6.45, 7) is 4.90. The molecule has 0 amide bonds. The average molecular weight is 286 g/mol. The number of hydrogen-bond donors (Lipinski definition) is 1.